The largest absolute Gasteiger partial charge is 0.493 e. The highest BCUT2D eigenvalue weighted by atomic mass is 28.4. The third kappa shape index (κ3) is 11.3. The minimum Gasteiger partial charge on any atom is -0.493 e. The molecule has 44 heavy (non-hydrogen) atoms. The molecule has 1 aromatic rings. The Morgan fingerprint density at radius 2 is 1.41 bits per heavy atom. The van der Waals surface area contributed by atoms with E-state index in [1.165, 1.54) is 5.98 Å². The fourth-order valence-corrected chi connectivity index (χ4v) is 9.70. The van der Waals surface area contributed by atoms with Crippen molar-refractivity contribution in [3.05, 3.63) is 35.8 Å². The van der Waals surface area contributed by atoms with E-state index < -0.39 is 29.9 Å². The molecule has 11 heteroatoms. The molecule has 0 radical (unpaired) electrons. The Morgan fingerprint density at radius 1 is 0.841 bits per heavy atom. The monoisotopic (exact) mass is 654 g/mol. The Kier molecular flexibility index (Phi) is 16.9. The van der Waals surface area contributed by atoms with Crippen LogP contribution in [0.5, 0.6) is 11.5 Å². The number of benzene rings is 1. The van der Waals surface area contributed by atoms with Gasteiger partial charge in [0, 0.05) is 18.9 Å². The maximum atomic E-state index is 9.65. The predicted octanol–water partition coefficient (Wildman–Crippen LogP) is 7.25. The number of rotatable bonds is 20. The highest BCUT2D eigenvalue weighted by molar-refractivity contribution is 6.74. The second-order valence-electron chi connectivity index (χ2n) is 13.6. The first-order chi connectivity index (χ1) is 20.5. The lowest BCUT2D eigenvalue weighted by atomic mass is 9.83. The van der Waals surface area contributed by atoms with Gasteiger partial charge in [-0.2, -0.15) is 0 Å². The molecule has 1 rings (SSSR count). The maximum Gasteiger partial charge on any atom is 0.480 e. The van der Waals surface area contributed by atoms with E-state index in [4.69, 9.17) is 27.8 Å². The van der Waals surface area contributed by atoms with Crippen molar-refractivity contribution in [2.45, 2.75) is 130 Å². The van der Waals surface area contributed by atoms with Crippen LogP contribution in [0, 0.1) is 11.8 Å². The van der Waals surface area contributed by atoms with E-state index in [0.29, 0.717) is 18.1 Å². The van der Waals surface area contributed by atoms with E-state index in [-0.39, 0.29) is 35.2 Å². The van der Waals surface area contributed by atoms with Gasteiger partial charge in [0.25, 0.3) is 0 Å². The number of hydrogen-bond donors (Lipinski definition) is 2. The van der Waals surface area contributed by atoms with Crippen LogP contribution in [0.2, 0.25) is 36.3 Å². The van der Waals surface area contributed by atoms with Gasteiger partial charge in [0.05, 0.1) is 45.2 Å². The van der Waals surface area contributed by atoms with Gasteiger partial charge in [-0.15, -0.1) is 0 Å². The molecule has 2 N–H and O–H groups in total. The molecular formula is C33H63BO8Si2. The lowest BCUT2D eigenvalue weighted by Crippen LogP contribution is -2.55. The highest BCUT2D eigenvalue weighted by Crippen LogP contribution is 2.41. The molecule has 0 aliphatic carbocycles. The first-order valence-electron chi connectivity index (χ1n) is 16.2. The molecule has 0 aromatic heterocycles. The Balaban J connectivity index is 3.55. The normalized spacial score (nSPS) is 17.2. The topological polar surface area (TPSA) is 95.8 Å². The van der Waals surface area contributed by atoms with E-state index in [1.54, 1.807) is 27.4 Å². The lowest BCUT2D eigenvalue weighted by Gasteiger charge is -2.47. The number of ether oxygens (including phenoxy) is 4. The van der Waals surface area contributed by atoms with Gasteiger partial charge in [-0.25, -0.2) is 0 Å². The van der Waals surface area contributed by atoms with Crippen LogP contribution in [0.25, 0.3) is 0 Å². The van der Waals surface area contributed by atoms with E-state index >= 15 is 0 Å². The molecule has 8 nitrogen and oxygen atoms in total. The SMILES string of the molecule is CC[Si](CC)(CC)O[C@H]([C@@H](C)[C@@H](O[Si](C)(C)C(C)(C)C)[C@H](C)[C@@H](C)OCc1ccc(OC)c(OC)c1)[C@H](/C=C/B(O)O)OC. The molecule has 0 aliphatic heterocycles. The summed E-state index contributed by atoms with van der Waals surface area (Å²) in [5, 5.41) is 19.3. The van der Waals surface area contributed by atoms with Crippen LogP contribution in [0.1, 0.15) is 67.9 Å². The van der Waals surface area contributed by atoms with Gasteiger partial charge < -0.3 is 37.8 Å². The zero-order chi connectivity index (χ0) is 33.9. The Bertz CT molecular complexity index is 988. The molecule has 0 unspecified atom stereocenters. The Labute approximate surface area is 271 Å². The van der Waals surface area contributed by atoms with Crippen molar-refractivity contribution in [3.8, 4) is 11.5 Å². The van der Waals surface area contributed by atoms with Gasteiger partial charge in [-0.05, 0) is 60.9 Å². The smallest absolute Gasteiger partial charge is 0.480 e. The summed E-state index contributed by atoms with van der Waals surface area (Å²) in [6, 6.07) is 8.79. The van der Waals surface area contributed by atoms with Gasteiger partial charge in [0.1, 0.15) is 0 Å². The number of hydrogen-bond acceptors (Lipinski definition) is 8. The summed E-state index contributed by atoms with van der Waals surface area (Å²) in [5.41, 5.74) is 0.995. The summed E-state index contributed by atoms with van der Waals surface area (Å²) in [6.45, 7) is 24.9. The fourth-order valence-electron chi connectivity index (χ4n) is 5.31. The van der Waals surface area contributed by atoms with Gasteiger partial charge in [-0.3, -0.25) is 0 Å². The summed E-state index contributed by atoms with van der Waals surface area (Å²) in [6.07, 6.45) is 0.545. The number of methoxy groups -OCH3 is 3. The summed E-state index contributed by atoms with van der Waals surface area (Å²) in [7, 11) is -0.987. The molecule has 0 amide bonds. The molecule has 0 saturated carbocycles. The van der Waals surface area contributed by atoms with Crippen molar-refractivity contribution in [3.63, 3.8) is 0 Å². The molecule has 6 atom stereocenters. The van der Waals surface area contributed by atoms with Crippen LogP contribution in [-0.2, 0) is 24.9 Å². The third-order valence-electron chi connectivity index (χ3n) is 9.88. The molecule has 0 heterocycles. The fraction of sp³-hybridized carbons (Fsp3) is 0.758. The molecule has 0 spiro atoms. The molecule has 0 fully saturated rings. The maximum absolute atomic E-state index is 9.65. The van der Waals surface area contributed by atoms with Crippen molar-refractivity contribution >= 4 is 23.8 Å². The average Bonchev–Trinajstić information content (AvgIpc) is 2.99. The van der Waals surface area contributed by atoms with E-state index in [0.717, 1.165) is 23.7 Å². The van der Waals surface area contributed by atoms with Crippen molar-refractivity contribution in [1.82, 2.24) is 0 Å². The van der Waals surface area contributed by atoms with Crippen LogP contribution in [0.4, 0.5) is 0 Å². The molecule has 0 saturated heterocycles. The van der Waals surface area contributed by atoms with Crippen LogP contribution in [0.15, 0.2) is 30.3 Å². The van der Waals surface area contributed by atoms with Crippen LogP contribution in [-0.4, -0.2) is 79.5 Å². The van der Waals surface area contributed by atoms with Crippen LogP contribution < -0.4 is 9.47 Å². The molecule has 254 valence electrons. The van der Waals surface area contributed by atoms with Gasteiger partial charge in [-0.1, -0.05) is 73.5 Å². The minimum absolute atomic E-state index is 0.00110. The van der Waals surface area contributed by atoms with E-state index in [9.17, 15) is 10.0 Å². The second-order valence-corrected chi connectivity index (χ2v) is 23.1. The summed E-state index contributed by atoms with van der Waals surface area (Å²) < 4.78 is 37.8. The first-order valence-corrected chi connectivity index (χ1v) is 21.6. The van der Waals surface area contributed by atoms with Crippen LogP contribution in [0.3, 0.4) is 0 Å². The van der Waals surface area contributed by atoms with E-state index in [1.807, 2.05) is 18.2 Å². The zero-order valence-electron chi connectivity index (χ0n) is 30.1. The van der Waals surface area contributed by atoms with Crippen molar-refractivity contribution < 1.29 is 37.8 Å². The Morgan fingerprint density at radius 3 is 1.86 bits per heavy atom. The molecular weight excluding hydrogens is 591 g/mol. The summed E-state index contributed by atoms with van der Waals surface area (Å²) in [4.78, 5) is 0. The third-order valence-corrected chi connectivity index (χ3v) is 19.0. The van der Waals surface area contributed by atoms with Crippen molar-refractivity contribution in [2.75, 3.05) is 21.3 Å². The molecule has 0 bridgehead atoms. The zero-order valence-corrected chi connectivity index (χ0v) is 32.1. The highest BCUT2D eigenvalue weighted by Gasteiger charge is 2.46. The van der Waals surface area contributed by atoms with Crippen LogP contribution >= 0.6 is 0 Å². The van der Waals surface area contributed by atoms with Gasteiger partial charge in [0.15, 0.2) is 28.1 Å². The van der Waals surface area contributed by atoms with E-state index in [2.05, 4.69) is 75.4 Å². The minimum atomic E-state index is -2.23. The van der Waals surface area contributed by atoms with Gasteiger partial charge >= 0.3 is 7.12 Å². The van der Waals surface area contributed by atoms with Crippen molar-refractivity contribution in [1.29, 1.82) is 0 Å². The first kappa shape index (κ1) is 40.8. The van der Waals surface area contributed by atoms with Gasteiger partial charge in [0.2, 0.25) is 0 Å². The second kappa shape index (κ2) is 18.2. The average molecular weight is 655 g/mol. The summed E-state index contributed by atoms with van der Waals surface area (Å²) in [5.74, 6) is 2.63. The molecule has 1 aromatic carbocycles. The van der Waals surface area contributed by atoms with Crippen molar-refractivity contribution in [2.24, 2.45) is 11.8 Å². The lowest BCUT2D eigenvalue weighted by molar-refractivity contribution is -0.0805. The predicted molar refractivity (Wildman–Crippen MR) is 186 cm³/mol. The molecule has 0 aliphatic rings. The standard InChI is InChI=1S/C33H63BO8Si2/c1-15-44(16-2,17-3)42-32(29(38-11)20-21-34(35)36)25(5)31(41-43(13,14)33(7,8)9)24(4)26(6)40-23-27-18-19-28(37-10)30(22-27)39-12/h18-22,24-26,29,31-32,35-36H,15-17,23H2,1-14H3/b21-20+/t24-,25+,26-,29+,31+,32-/m1/s1. The Hall–Kier alpha value is -1.18. The quantitative estimate of drug-likeness (QED) is 0.142. The summed E-state index contributed by atoms with van der Waals surface area (Å²) >= 11 is 0.